The largest absolute Gasteiger partial charge is 0.392 e. The van der Waals surface area contributed by atoms with E-state index in [-0.39, 0.29) is 33.7 Å². The van der Waals surface area contributed by atoms with Gasteiger partial charge in [0.2, 0.25) is 0 Å². The first-order valence-corrected chi connectivity index (χ1v) is 11.4. The minimum Gasteiger partial charge on any atom is -0.392 e. The Bertz CT molecular complexity index is 702. The smallest absolute Gasteiger partial charge is 0.137 e. The van der Waals surface area contributed by atoms with Crippen LogP contribution in [0.3, 0.4) is 0 Å². The number of thioether (sulfide) groups is 1. The molecule has 0 radical (unpaired) electrons. The van der Waals surface area contributed by atoms with Crippen molar-refractivity contribution in [1.29, 1.82) is 5.26 Å². The lowest BCUT2D eigenvalue weighted by Crippen LogP contribution is -2.59. The number of nitrogens with zero attached hydrogens (tertiary/aromatic N) is 1. The molecule has 0 bridgehead atoms. The lowest BCUT2D eigenvalue weighted by Gasteiger charge is -2.60. The van der Waals surface area contributed by atoms with E-state index in [1.807, 2.05) is 0 Å². The summed E-state index contributed by atoms with van der Waals surface area (Å²) in [4.78, 5) is 25.7. The first-order valence-electron chi connectivity index (χ1n) is 10.5. The van der Waals surface area contributed by atoms with Crippen molar-refractivity contribution in [3.05, 3.63) is 0 Å². The van der Waals surface area contributed by atoms with Crippen LogP contribution in [0.2, 0.25) is 0 Å². The van der Waals surface area contributed by atoms with Crippen molar-refractivity contribution in [2.24, 2.45) is 40.4 Å². The van der Waals surface area contributed by atoms with Crippen molar-refractivity contribution in [3.8, 4) is 5.40 Å². The van der Waals surface area contributed by atoms with Gasteiger partial charge in [-0.2, -0.15) is 5.26 Å². The topological polar surface area (TPSA) is 78.2 Å². The number of carbonyl (C=O) groups is 2. The maximum Gasteiger partial charge on any atom is 0.137 e. The van der Waals surface area contributed by atoms with Gasteiger partial charge < -0.3 is 5.11 Å². The summed E-state index contributed by atoms with van der Waals surface area (Å²) in [5.74, 6) is 1.85. The van der Waals surface area contributed by atoms with Gasteiger partial charge in [-0.15, -0.1) is 0 Å². The molecule has 4 aliphatic rings. The molecule has 0 spiro atoms. The molecular weight excluding hydrogens is 358 g/mol. The maximum atomic E-state index is 13.5. The van der Waals surface area contributed by atoms with E-state index in [0.29, 0.717) is 36.4 Å². The van der Waals surface area contributed by atoms with Crippen LogP contribution >= 0.6 is 11.8 Å². The summed E-state index contributed by atoms with van der Waals surface area (Å²) >= 11 is 1.18. The average Bonchev–Trinajstić information content (AvgIpc) is 2.92. The zero-order chi connectivity index (χ0) is 19.6. The molecule has 27 heavy (non-hydrogen) atoms. The highest BCUT2D eigenvalue weighted by atomic mass is 32.2. The van der Waals surface area contributed by atoms with Crippen molar-refractivity contribution in [1.82, 2.24) is 0 Å². The SMILES string of the molecule is CC(=O)[C@H]1CC[C@H]2[C@@H]3CC[C@H]4C[C@H](O)[C@@H](SC#N)C[C@]4(C)[C@H]3C(=O)C[C@]12C. The van der Waals surface area contributed by atoms with Crippen LogP contribution in [0.25, 0.3) is 0 Å². The van der Waals surface area contributed by atoms with Crippen LogP contribution in [-0.4, -0.2) is 28.0 Å². The number of nitriles is 1. The van der Waals surface area contributed by atoms with Crippen LogP contribution in [0.15, 0.2) is 0 Å². The summed E-state index contributed by atoms with van der Waals surface area (Å²) in [6.07, 6.45) is 5.65. The van der Waals surface area contributed by atoms with Gasteiger partial charge >= 0.3 is 0 Å². The van der Waals surface area contributed by atoms with E-state index in [0.717, 1.165) is 32.1 Å². The summed E-state index contributed by atoms with van der Waals surface area (Å²) in [5, 5.41) is 21.7. The van der Waals surface area contributed by atoms with Gasteiger partial charge in [0, 0.05) is 23.5 Å². The normalized spacial score (nSPS) is 51.7. The Labute approximate surface area is 166 Å². The van der Waals surface area contributed by atoms with Gasteiger partial charge in [-0.25, -0.2) is 0 Å². The van der Waals surface area contributed by atoms with Gasteiger partial charge in [-0.3, -0.25) is 9.59 Å². The molecule has 0 aromatic carbocycles. The first kappa shape index (κ1) is 19.5. The third-order valence-corrected chi connectivity index (χ3v) is 9.93. The molecule has 148 valence electrons. The molecule has 1 N–H and O–H groups in total. The van der Waals surface area contributed by atoms with E-state index in [9.17, 15) is 14.7 Å². The standard InChI is InChI=1S/C22H31NO3S/c1-12(24)15-6-7-16-14-5-4-13-8-17(25)19(27-11-23)10-21(13,2)20(14)18(26)9-22(15,16)3/h13-17,19-20,25H,4-10H2,1-3H3/t13-,14-,15+,16-,17-,19-,20+,21-,22+/m0/s1. The average molecular weight is 390 g/mol. The number of ketones is 2. The number of hydrogen-bond donors (Lipinski definition) is 1. The number of hydrogen-bond acceptors (Lipinski definition) is 5. The molecule has 5 heteroatoms. The van der Waals surface area contributed by atoms with E-state index in [4.69, 9.17) is 5.26 Å². The van der Waals surface area contributed by atoms with Gasteiger partial charge in [0.1, 0.15) is 17.0 Å². The molecule has 4 rings (SSSR count). The molecule has 9 atom stereocenters. The van der Waals surface area contributed by atoms with Crippen molar-refractivity contribution in [2.45, 2.75) is 77.1 Å². The minimum absolute atomic E-state index is 0.0352. The van der Waals surface area contributed by atoms with E-state index < -0.39 is 6.10 Å². The Morgan fingerprint density at radius 1 is 1.22 bits per heavy atom. The zero-order valence-electron chi connectivity index (χ0n) is 16.6. The van der Waals surface area contributed by atoms with Crippen molar-refractivity contribution >= 4 is 23.3 Å². The van der Waals surface area contributed by atoms with Crippen LogP contribution in [0.4, 0.5) is 0 Å². The van der Waals surface area contributed by atoms with Crippen molar-refractivity contribution < 1.29 is 14.7 Å². The predicted molar refractivity (Wildman–Crippen MR) is 105 cm³/mol. The Kier molecular flexibility index (Phi) is 4.75. The fourth-order valence-electron chi connectivity index (χ4n) is 7.93. The molecule has 4 aliphatic carbocycles. The molecule has 0 saturated heterocycles. The predicted octanol–water partition coefficient (Wildman–Crippen LogP) is 3.97. The van der Waals surface area contributed by atoms with Gasteiger partial charge in [-0.05, 0) is 85.8 Å². The van der Waals surface area contributed by atoms with E-state index in [2.05, 4.69) is 19.2 Å². The van der Waals surface area contributed by atoms with Gasteiger partial charge in [-0.1, -0.05) is 13.8 Å². The summed E-state index contributed by atoms with van der Waals surface area (Å²) in [5.41, 5.74) is -0.286. The number of aliphatic hydroxyl groups is 1. The van der Waals surface area contributed by atoms with Crippen LogP contribution in [0, 0.1) is 51.1 Å². The number of rotatable bonds is 2. The lowest BCUT2D eigenvalue weighted by atomic mass is 9.44. The fourth-order valence-corrected chi connectivity index (χ4v) is 8.78. The quantitative estimate of drug-likeness (QED) is 0.723. The summed E-state index contributed by atoms with van der Waals surface area (Å²) in [6.45, 7) is 6.14. The van der Waals surface area contributed by atoms with Crippen molar-refractivity contribution in [3.63, 3.8) is 0 Å². The Morgan fingerprint density at radius 2 is 1.96 bits per heavy atom. The lowest BCUT2D eigenvalue weighted by molar-refractivity contribution is -0.161. The Hall–Kier alpha value is -0.860. The molecule has 4 fully saturated rings. The number of carbonyl (C=O) groups excluding carboxylic acids is 2. The van der Waals surface area contributed by atoms with Crippen LogP contribution in [0.5, 0.6) is 0 Å². The van der Waals surface area contributed by atoms with Crippen LogP contribution < -0.4 is 0 Å². The highest BCUT2D eigenvalue weighted by Crippen LogP contribution is 2.66. The molecule has 0 amide bonds. The van der Waals surface area contributed by atoms with Crippen molar-refractivity contribution in [2.75, 3.05) is 0 Å². The summed E-state index contributed by atoms with van der Waals surface area (Å²) < 4.78 is 0. The molecule has 0 aromatic rings. The third kappa shape index (κ3) is 2.74. The summed E-state index contributed by atoms with van der Waals surface area (Å²) in [7, 11) is 0. The van der Waals surface area contributed by atoms with E-state index in [1.54, 1.807) is 6.92 Å². The fraction of sp³-hybridized carbons (Fsp3) is 0.864. The van der Waals surface area contributed by atoms with Gasteiger partial charge in [0.15, 0.2) is 0 Å². The number of thiocyanates is 1. The first-order chi connectivity index (χ1) is 12.7. The Morgan fingerprint density at radius 3 is 2.63 bits per heavy atom. The van der Waals surface area contributed by atoms with E-state index >= 15 is 0 Å². The molecule has 0 heterocycles. The highest BCUT2D eigenvalue weighted by molar-refractivity contribution is 8.04. The number of aliphatic hydroxyl groups excluding tert-OH is 1. The second kappa shape index (κ2) is 6.59. The molecule has 0 aromatic heterocycles. The highest BCUT2D eigenvalue weighted by Gasteiger charge is 2.64. The van der Waals surface area contributed by atoms with Crippen LogP contribution in [-0.2, 0) is 9.59 Å². The number of fused-ring (bicyclic) bond motifs is 5. The molecule has 0 aliphatic heterocycles. The van der Waals surface area contributed by atoms with Gasteiger partial charge in [0.25, 0.3) is 0 Å². The molecule has 4 saturated carbocycles. The Balaban J connectivity index is 1.67. The second-order valence-corrected chi connectivity index (χ2v) is 11.2. The monoisotopic (exact) mass is 389 g/mol. The second-order valence-electron chi connectivity index (χ2n) is 10.2. The zero-order valence-corrected chi connectivity index (χ0v) is 17.4. The third-order valence-electron chi connectivity index (χ3n) is 9.04. The summed E-state index contributed by atoms with van der Waals surface area (Å²) in [6, 6.07) is 0. The van der Waals surface area contributed by atoms with E-state index in [1.165, 1.54) is 11.8 Å². The minimum atomic E-state index is -0.443. The molecule has 4 nitrogen and oxygen atoms in total. The van der Waals surface area contributed by atoms with Gasteiger partial charge in [0.05, 0.1) is 6.10 Å². The molecular formula is C22H31NO3S. The molecule has 0 unspecified atom stereocenters. The van der Waals surface area contributed by atoms with Crippen LogP contribution in [0.1, 0.15) is 65.7 Å². The maximum absolute atomic E-state index is 13.5. The number of Topliss-reactive ketones (excluding diaryl/α,β-unsaturated/α-hetero) is 2.